The molecular formula is C18H21N3O3. The van der Waals surface area contributed by atoms with E-state index in [1.54, 1.807) is 0 Å². The first kappa shape index (κ1) is 15.4. The van der Waals surface area contributed by atoms with E-state index in [9.17, 15) is 0 Å². The Hall–Kier alpha value is -2.18. The van der Waals surface area contributed by atoms with Crippen LogP contribution in [0, 0.1) is 0 Å². The Morgan fingerprint density at radius 3 is 2.83 bits per heavy atom. The zero-order valence-corrected chi connectivity index (χ0v) is 14.1. The van der Waals surface area contributed by atoms with Crippen molar-refractivity contribution < 1.29 is 13.9 Å². The fraction of sp³-hybridized carbons (Fsp3) is 0.444. The number of aromatic amines is 1. The van der Waals surface area contributed by atoms with E-state index in [4.69, 9.17) is 13.9 Å². The fourth-order valence-corrected chi connectivity index (χ4v) is 3.55. The van der Waals surface area contributed by atoms with Gasteiger partial charge >= 0.3 is 0 Å². The lowest BCUT2D eigenvalue weighted by Gasteiger charge is -2.46. The van der Waals surface area contributed by atoms with E-state index in [-0.39, 0.29) is 11.7 Å². The highest BCUT2D eigenvalue weighted by atomic mass is 16.7. The zero-order valence-electron chi connectivity index (χ0n) is 14.1. The van der Waals surface area contributed by atoms with Crippen LogP contribution in [0.1, 0.15) is 38.8 Å². The Bertz CT molecular complexity index is 807. The molecule has 2 aromatic heterocycles. The number of fused-ring (bicyclic) bond motifs is 1. The van der Waals surface area contributed by atoms with Crippen molar-refractivity contribution in [1.82, 2.24) is 15.2 Å². The van der Waals surface area contributed by atoms with Gasteiger partial charge in [0.25, 0.3) is 0 Å². The molecule has 0 radical (unpaired) electrons. The molecule has 6 nitrogen and oxygen atoms in total. The maximum Gasteiger partial charge on any atom is 0.236 e. The van der Waals surface area contributed by atoms with Gasteiger partial charge in [-0.3, -0.25) is 5.10 Å². The highest BCUT2D eigenvalue weighted by Crippen LogP contribution is 2.44. The van der Waals surface area contributed by atoms with Crippen molar-refractivity contribution in [2.24, 2.45) is 0 Å². The molecule has 1 saturated heterocycles. The Morgan fingerprint density at radius 2 is 2.12 bits per heavy atom. The Balaban J connectivity index is 1.83. The number of ether oxygens (including phenoxy) is 2. The van der Waals surface area contributed by atoms with Gasteiger partial charge in [0.2, 0.25) is 5.79 Å². The molecule has 1 aliphatic heterocycles. The standard InChI is InChI=1S/C18H21N3O3/c1-12-9-17(2,3)24-18(23-12,10-16-19-11-20-21-16)15-8-13-6-4-5-7-14(13)22-15/h4-8,11-12H,9-10H2,1-3H3,(H,19,20,21)/t12-,18-/m0/s1. The van der Waals surface area contributed by atoms with Gasteiger partial charge in [-0.15, -0.1) is 0 Å². The van der Waals surface area contributed by atoms with Crippen molar-refractivity contribution in [2.75, 3.05) is 0 Å². The third-order valence-corrected chi connectivity index (χ3v) is 4.28. The smallest absolute Gasteiger partial charge is 0.236 e. The largest absolute Gasteiger partial charge is 0.455 e. The van der Waals surface area contributed by atoms with Gasteiger partial charge in [0.15, 0.2) is 5.76 Å². The minimum atomic E-state index is -1.03. The fourth-order valence-electron chi connectivity index (χ4n) is 3.55. The number of aromatic nitrogens is 3. The normalized spacial score (nSPS) is 26.7. The molecule has 1 aliphatic rings. The molecule has 126 valence electrons. The highest BCUT2D eigenvalue weighted by molar-refractivity contribution is 5.77. The van der Waals surface area contributed by atoms with E-state index in [1.807, 2.05) is 30.3 Å². The summed E-state index contributed by atoms with van der Waals surface area (Å²) >= 11 is 0. The van der Waals surface area contributed by atoms with E-state index >= 15 is 0 Å². The molecule has 0 amide bonds. The van der Waals surface area contributed by atoms with Crippen LogP contribution in [0.15, 0.2) is 41.1 Å². The predicted molar refractivity (Wildman–Crippen MR) is 88.3 cm³/mol. The monoisotopic (exact) mass is 327 g/mol. The lowest BCUT2D eigenvalue weighted by Crippen LogP contribution is -2.51. The molecular weight excluding hydrogens is 306 g/mol. The van der Waals surface area contributed by atoms with Gasteiger partial charge in [0.1, 0.15) is 17.7 Å². The average Bonchev–Trinajstić information content (AvgIpc) is 3.13. The molecule has 1 aromatic carbocycles. The lowest BCUT2D eigenvalue weighted by molar-refractivity contribution is -0.355. The van der Waals surface area contributed by atoms with Crippen LogP contribution in [0.2, 0.25) is 0 Å². The SMILES string of the molecule is C[C@H]1CC(C)(C)O[C@@](Cc2ncn[nH]2)(c2cc3ccccc3o2)O1. The molecule has 0 aliphatic carbocycles. The number of nitrogens with zero attached hydrogens (tertiary/aromatic N) is 2. The maximum absolute atomic E-state index is 6.42. The number of para-hydroxylation sites is 1. The molecule has 3 aromatic rings. The first-order valence-corrected chi connectivity index (χ1v) is 8.17. The second-order valence-electron chi connectivity index (χ2n) is 7.00. The molecule has 0 spiro atoms. The molecule has 0 saturated carbocycles. The van der Waals surface area contributed by atoms with Crippen LogP contribution in [0.5, 0.6) is 0 Å². The molecule has 0 unspecified atom stereocenters. The summed E-state index contributed by atoms with van der Waals surface area (Å²) < 4.78 is 18.8. The number of benzene rings is 1. The summed E-state index contributed by atoms with van der Waals surface area (Å²) in [5.74, 6) is 0.319. The minimum absolute atomic E-state index is 0.0323. The van der Waals surface area contributed by atoms with Crippen LogP contribution >= 0.6 is 0 Å². The molecule has 1 fully saturated rings. The van der Waals surface area contributed by atoms with E-state index in [0.29, 0.717) is 18.0 Å². The molecule has 4 rings (SSSR count). The predicted octanol–water partition coefficient (Wildman–Crippen LogP) is 3.55. The summed E-state index contributed by atoms with van der Waals surface area (Å²) in [5, 5.41) is 7.85. The molecule has 0 bridgehead atoms. The quantitative estimate of drug-likeness (QED) is 0.796. The molecule has 24 heavy (non-hydrogen) atoms. The van der Waals surface area contributed by atoms with Crippen LogP contribution in [0.25, 0.3) is 11.0 Å². The number of H-pyrrole nitrogens is 1. The third-order valence-electron chi connectivity index (χ3n) is 4.28. The van der Waals surface area contributed by atoms with Gasteiger partial charge in [-0.05, 0) is 32.9 Å². The van der Waals surface area contributed by atoms with Gasteiger partial charge in [-0.25, -0.2) is 4.98 Å². The zero-order chi connectivity index (χ0) is 16.8. The second-order valence-corrected chi connectivity index (χ2v) is 7.00. The molecule has 1 N–H and O–H groups in total. The highest BCUT2D eigenvalue weighted by Gasteiger charge is 2.49. The first-order chi connectivity index (χ1) is 11.5. The van der Waals surface area contributed by atoms with Crippen molar-refractivity contribution in [3.05, 3.63) is 48.2 Å². The molecule has 3 heterocycles. The summed E-state index contributed by atoms with van der Waals surface area (Å²) in [5.41, 5.74) is 0.476. The van der Waals surface area contributed by atoms with E-state index < -0.39 is 5.79 Å². The Morgan fingerprint density at radius 1 is 1.29 bits per heavy atom. The molecule has 2 atom stereocenters. The third kappa shape index (κ3) is 2.72. The second kappa shape index (κ2) is 5.43. The number of nitrogens with one attached hydrogen (secondary N) is 1. The van der Waals surface area contributed by atoms with Crippen molar-refractivity contribution >= 4 is 11.0 Å². The van der Waals surface area contributed by atoms with Crippen LogP contribution in [-0.4, -0.2) is 26.9 Å². The van der Waals surface area contributed by atoms with Crippen molar-refractivity contribution in [3.8, 4) is 0 Å². The van der Waals surface area contributed by atoms with Crippen LogP contribution in [-0.2, 0) is 21.7 Å². The number of rotatable bonds is 3. The summed E-state index contributed by atoms with van der Waals surface area (Å²) in [6.45, 7) is 6.20. The average molecular weight is 327 g/mol. The van der Waals surface area contributed by atoms with Gasteiger partial charge in [0, 0.05) is 11.8 Å². The Kier molecular flexibility index (Phi) is 3.47. The number of hydrogen-bond donors (Lipinski definition) is 1. The Labute approximate surface area is 140 Å². The van der Waals surface area contributed by atoms with Gasteiger partial charge < -0.3 is 13.9 Å². The van der Waals surface area contributed by atoms with Crippen molar-refractivity contribution in [3.63, 3.8) is 0 Å². The van der Waals surface area contributed by atoms with Crippen molar-refractivity contribution in [1.29, 1.82) is 0 Å². The van der Waals surface area contributed by atoms with Crippen LogP contribution in [0.4, 0.5) is 0 Å². The van der Waals surface area contributed by atoms with E-state index in [1.165, 1.54) is 6.33 Å². The molecule has 6 heteroatoms. The number of hydrogen-bond acceptors (Lipinski definition) is 5. The summed E-state index contributed by atoms with van der Waals surface area (Å²) in [6, 6.07) is 9.88. The van der Waals surface area contributed by atoms with Gasteiger partial charge in [0.05, 0.1) is 18.1 Å². The van der Waals surface area contributed by atoms with Gasteiger partial charge in [-0.2, -0.15) is 5.10 Å². The minimum Gasteiger partial charge on any atom is -0.455 e. The first-order valence-electron chi connectivity index (χ1n) is 8.17. The van der Waals surface area contributed by atoms with Crippen LogP contribution < -0.4 is 0 Å². The van der Waals surface area contributed by atoms with E-state index in [0.717, 1.165) is 17.4 Å². The van der Waals surface area contributed by atoms with Gasteiger partial charge in [-0.1, -0.05) is 18.2 Å². The topological polar surface area (TPSA) is 73.2 Å². The van der Waals surface area contributed by atoms with Crippen molar-refractivity contribution in [2.45, 2.75) is 51.1 Å². The summed E-state index contributed by atoms with van der Waals surface area (Å²) in [7, 11) is 0. The van der Waals surface area contributed by atoms with E-state index in [2.05, 4.69) is 36.0 Å². The van der Waals surface area contributed by atoms with Crippen LogP contribution in [0.3, 0.4) is 0 Å². The summed E-state index contributed by atoms with van der Waals surface area (Å²) in [4.78, 5) is 4.24. The summed E-state index contributed by atoms with van der Waals surface area (Å²) in [6.07, 6.45) is 2.73. The lowest BCUT2D eigenvalue weighted by atomic mass is 9.96. The number of furan rings is 1. The maximum atomic E-state index is 6.42.